The van der Waals surface area contributed by atoms with Crippen LogP contribution in [0.4, 0.5) is 11.4 Å². The number of para-hydroxylation sites is 2. The van der Waals surface area contributed by atoms with Crippen molar-refractivity contribution in [3.05, 3.63) is 48.0 Å². The number of aliphatic imine (C=N–C) groups is 1. The van der Waals surface area contributed by atoms with E-state index in [9.17, 15) is 4.79 Å². The Balaban J connectivity index is 1.31. The van der Waals surface area contributed by atoms with E-state index in [4.69, 9.17) is 9.73 Å². The summed E-state index contributed by atoms with van der Waals surface area (Å²) in [4.78, 5) is 24.8. The maximum Gasteiger partial charge on any atom is 0.253 e. The predicted molar refractivity (Wildman–Crippen MR) is 144 cm³/mol. The van der Waals surface area contributed by atoms with Gasteiger partial charge in [-0.25, -0.2) is 0 Å². The van der Waals surface area contributed by atoms with E-state index >= 15 is 0 Å². The van der Waals surface area contributed by atoms with Gasteiger partial charge in [0.1, 0.15) is 0 Å². The number of ether oxygens (including phenoxy) is 1. The first-order chi connectivity index (χ1) is 17.2. The minimum Gasteiger partial charge on any atom is -0.453 e. The highest BCUT2D eigenvalue weighted by molar-refractivity contribution is 8.14. The maximum absolute atomic E-state index is 13.0. The van der Waals surface area contributed by atoms with Crippen LogP contribution in [0.1, 0.15) is 49.9 Å². The van der Waals surface area contributed by atoms with Crippen molar-refractivity contribution in [1.29, 1.82) is 0 Å². The number of fused-ring (bicyclic) bond motifs is 4. The Kier molecular flexibility index (Phi) is 6.23. The normalized spacial score (nSPS) is 25.0. The predicted octanol–water partition coefficient (Wildman–Crippen LogP) is 5.55. The van der Waals surface area contributed by atoms with Crippen molar-refractivity contribution in [1.82, 2.24) is 9.80 Å². The second-order valence-electron chi connectivity index (χ2n) is 9.91. The molecule has 4 aliphatic heterocycles. The molecule has 2 fully saturated rings. The fourth-order valence-corrected chi connectivity index (χ4v) is 7.19. The number of hydrogen-bond acceptors (Lipinski definition) is 6. The summed E-state index contributed by atoms with van der Waals surface area (Å²) < 4.78 is 6.37. The van der Waals surface area contributed by atoms with Crippen molar-refractivity contribution in [2.45, 2.75) is 57.7 Å². The van der Waals surface area contributed by atoms with Gasteiger partial charge in [0.25, 0.3) is 5.91 Å². The highest BCUT2D eigenvalue weighted by atomic mass is 32.2. The molecule has 0 spiro atoms. The number of amides is 1. The molecule has 0 radical (unpaired) electrons. The molecule has 0 N–H and O–H groups in total. The smallest absolute Gasteiger partial charge is 0.253 e. The SMILES string of the molecule is CCN(CC)C(=O)c1ccc2c(c1)Oc1ccccc1N2C1C[C@H]2CC[C@@H](C1)N2CC1=NCCS1. The zero-order chi connectivity index (χ0) is 23.9. The molecule has 6 nitrogen and oxygen atoms in total. The molecule has 7 heteroatoms. The molecule has 2 bridgehead atoms. The summed E-state index contributed by atoms with van der Waals surface area (Å²) in [5.74, 6) is 2.86. The Bertz CT molecular complexity index is 1130. The summed E-state index contributed by atoms with van der Waals surface area (Å²) in [6.45, 7) is 7.45. The summed E-state index contributed by atoms with van der Waals surface area (Å²) >= 11 is 1.94. The second-order valence-corrected chi connectivity index (χ2v) is 11.1. The fourth-order valence-electron chi connectivity index (χ4n) is 6.35. The second kappa shape index (κ2) is 9.51. The van der Waals surface area contributed by atoms with E-state index < -0.39 is 0 Å². The molecular weight excluding hydrogens is 456 g/mol. The van der Waals surface area contributed by atoms with E-state index in [1.54, 1.807) is 0 Å². The van der Waals surface area contributed by atoms with Gasteiger partial charge in [-0.3, -0.25) is 14.7 Å². The van der Waals surface area contributed by atoms with Gasteiger partial charge in [-0.05, 0) is 69.9 Å². The average Bonchev–Trinajstić information content (AvgIpc) is 3.47. The van der Waals surface area contributed by atoms with Gasteiger partial charge in [0.15, 0.2) is 11.5 Å². The van der Waals surface area contributed by atoms with Gasteiger partial charge in [-0.1, -0.05) is 12.1 Å². The minimum absolute atomic E-state index is 0.0610. The molecule has 0 aliphatic carbocycles. The number of piperidine rings is 1. The molecule has 1 unspecified atom stereocenters. The fraction of sp³-hybridized carbons (Fsp3) is 0.500. The molecule has 0 saturated carbocycles. The molecule has 2 saturated heterocycles. The lowest BCUT2D eigenvalue weighted by Crippen LogP contribution is -2.51. The quantitative estimate of drug-likeness (QED) is 0.531. The molecule has 2 aromatic carbocycles. The van der Waals surface area contributed by atoms with Crippen LogP contribution in [-0.4, -0.2) is 70.8 Å². The number of anilines is 2. The molecule has 1 amide bonds. The number of nitrogens with zero attached hydrogens (tertiary/aromatic N) is 4. The summed E-state index contributed by atoms with van der Waals surface area (Å²) in [7, 11) is 0. The summed E-state index contributed by atoms with van der Waals surface area (Å²) in [6, 6.07) is 16.0. The number of hydrogen-bond donors (Lipinski definition) is 0. The summed E-state index contributed by atoms with van der Waals surface area (Å²) in [6.07, 6.45) is 4.83. The zero-order valence-electron chi connectivity index (χ0n) is 20.7. The lowest BCUT2D eigenvalue weighted by atomic mass is 9.93. The lowest BCUT2D eigenvalue weighted by molar-refractivity contribution is 0.0772. The zero-order valence-corrected chi connectivity index (χ0v) is 21.5. The van der Waals surface area contributed by atoms with Gasteiger partial charge in [0.05, 0.1) is 16.4 Å². The largest absolute Gasteiger partial charge is 0.453 e. The number of benzene rings is 2. The number of carbonyl (C=O) groups excluding carboxylic acids is 1. The highest BCUT2D eigenvalue weighted by Crippen LogP contribution is 2.51. The van der Waals surface area contributed by atoms with Gasteiger partial charge < -0.3 is 14.5 Å². The van der Waals surface area contributed by atoms with Crippen molar-refractivity contribution < 1.29 is 9.53 Å². The van der Waals surface area contributed by atoms with Crippen LogP contribution in [0.5, 0.6) is 11.5 Å². The monoisotopic (exact) mass is 490 g/mol. The van der Waals surface area contributed by atoms with Crippen molar-refractivity contribution in [2.24, 2.45) is 4.99 Å². The molecule has 6 rings (SSSR count). The third-order valence-corrected chi connectivity index (χ3v) is 9.03. The van der Waals surface area contributed by atoms with E-state index in [0.29, 0.717) is 36.8 Å². The number of thioether (sulfide) groups is 1. The first kappa shape index (κ1) is 22.9. The Labute approximate surface area is 212 Å². The highest BCUT2D eigenvalue weighted by Gasteiger charge is 2.44. The number of rotatable bonds is 6. The van der Waals surface area contributed by atoms with Crippen molar-refractivity contribution in [2.75, 3.05) is 36.8 Å². The van der Waals surface area contributed by atoms with Crippen LogP contribution in [0.3, 0.4) is 0 Å². The van der Waals surface area contributed by atoms with Crippen molar-refractivity contribution in [3.8, 4) is 11.5 Å². The van der Waals surface area contributed by atoms with Gasteiger partial charge in [0.2, 0.25) is 0 Å². The van der Waals surface area contributed by atoms with E-state index in [1.807, 2.05) is 54.8 Å². The molecule has 0 aromatic heterocycles. The van der Waals surface area contributed by atoms with Crippen molar-refractivity contribution >= 4 is 34.1 Å². The molecule has 3 atom stereocenters. The molecule has 4 heterocycles. The van der Waals surface area contributed by atoms with E-state index in [-0.39, 0.29) is 5.91 Å². The topological polar surface area (TPSA) is 48.4 Å². The van der Waals surface area contributed by atoms with Crippen LogP contribution in [0, 0.1) is 0 Å². The summed E-state index contributed by atoms with van der Waals surface area (Å²) in [5.41, 5.74) is 2.90. The third kappa shape index (κ3) is 4.12. The maximum atomic E-state index is 13.0. The van der Waals surface area contributed by atoms with Gasteiger partial charge >= 0.3 is 0 Å². The number of carbonyl (C=O) groups is 1. The van der Waals surface area contributed by atoms with E-state index in [0.717, 1.165) is 54.6 Å². The van der Waals surface area contributed by atoms with Crippen LogP contribution < -0.4 is 9.64 Å². The minimum atomic E-state index is 0.0610. The Morgan fingerprint density at radius 1 is 1.03 bits per heavy atom. The molecular formula is C28H34N4O2S. The Morgan fingerprint density at radius 2 is 1.77 bits per heavy atom. The molecule has 35 heavy (non-hydrogen) atoms. The Morgan fingerprint density at radius 3 is 2.49 bits per heavy atom. The molecule has 4 aliphatic rings. The van der Waals surface area contributed by atoms with Crippen LogP contribution in [0.15, 0.2) is 47.5 Å². The van der Waals surface area contributed by atoms with Crippen LogP contribution in [0.25, 0.3) is 0 Å². The molecule has 2 aromatic rings. The van der Waals surface area contributed by atoms with Crippen LogP contribution >= 0.6 is 11.8 Å². The first-order valence-electron chi connectivity index (χ1n) is 13.1. The Hall–Kier alpha value is -2.51. The van der Waals surface area contributed by atoms with Gasteiger partial charge in [0, 0.05) is 55.6 Å². The first-order valence-corrected chi connectivity index (χ1v) is 14.1. The van der Waals surface area contributed by atoms with Gasteiger partial charge in [-0.2, -0.15) is 0 Å². The van der Waals surface area contributed by atoms with E-state index in [1.165, 1.54) is 17.9 Å². The van der Waals surface area contributed by atoms with Gasteiger partial charge in [-0.15, -0.1) is 11.8 Å². The summed E-state index contributed by atoms with van der Waals surface area (Å²) in [5, 5.41) is 1.33. The lowest BCUT2D eigenvalue weighted by Gasteiger charge is -2.46. The standard InChI is InChI=1S/C28H34N4O2S/c1-3-30(4-2)28(33)19-9-12-24-26(15-19)34-25-8-6-5-7-23(25)32(24)22-16-20-10-11-21(17-22)31(20)18-27-29-13-14-35-27/h5-9,12,15,20-22H,3-4,10-11,13-14,16-18H2,1-2H3/t20-,21+,22?. The molecule has 184 valence electrons. The van der Waals surface area contributed by atoms with Crippen molar-refractivity contribution in [3.63, 3.8) is 0 Å². The van der Waals surface area contributed by atoms with Crippen LogP contribution in [-0.2, 0) is 0 Å². The average molecular weight is 491 g/mol. The third-order valence-electron chi connectivity index (χ3n) is 8.05. The van der Waals surface area contributed by atoms with E-state index in [2.05, 4.69) is 28.0 Å². The van der Waals surface area contributed by atoms with Crippen LogP contribution in [0.2, 0.25) is 0 Å².